The molecule has 0 aliphatic heterocycles. The monoisotopic (exact) mass is 273 g/mol. The van der Waals surface area contributed by atoms with Crippen LogP contribution < -0.4 is 5.32 Å². The lowest BCUT2D eigenvalue weighted by Gasteiger charge is -2.23. The van der Waals surface area contributed by atoms with Crippen molar-refractivity contribution >= 4 is 0 Å². The molecule has 0 spiro atoms. The van der Waals surface area contributed by atoms with Gasteiger partial charge in [-0.25, -0.2) is 0 Å². The van der Waals surface area contributed by atoms with Crippen LogP contribution in [0.25, 0.3) is 0 Å². The normalized spacial score (nSPS) is 18.8. The molecule has 20 heavy (non-hydrogen) atoms. The average Bonchev–Trinajstić information content (AvgIpc) is 2.70. The maximum Gasteiger partial charge on any atom is 0.0107 e. The van der Waals surface area contributed by atoms with Crippen molar-refractivity contribution in [1.29, 1.82) is 0 Å². The van der Waals surface area contributed by atoms with E-state index in [1.807, 2.05) is 0 Å². The molecule has 0 amide bonds. The summed E-state index contributed by atoms with van der Waals surface area (Å²) < 4.78 is 0. The van der Waals surface area contributed by atoms with Crippen molar-refractivity contribution < 1.29 is 0 Å². The third-order valence-corrected chi connectivity index (χ3v) is 4.97. The summed E-state index contributed by atoms with van der Waals surface area (Å²) in [4.78, 5) is 0. The lowest BCUT2D eigenvalue weighted by molar-refractivity contribution is 0.361. The van der Waals surface area contributed by atoms with E-state index >= 15 is 0 Å². The summed E-state index contributed by atoms with van der Waals surface area (Å²) in [5.41, 5.74) is 4.35. The summed E-state index contributed by atoms with van der Waals surface area (Å²) in [6, 6.07) is 7.49. The minimum Gasteiger partial charge on any atom is -0.317 e. The van der Waals surface area contributed by atoms with Gasteiger partial charge in [-0.1, -0.05) is 62.3 Å². The number of likely N-dealkylation sites (N-methyl/N-ethyl adjacent to an activating group) is 1. The van der Waals surface area contributed by atoms with Crippen molar-refractivity contribution in [2.75, 3.05) is 7.05 Å². The first kappa shape index (κ1) is 15.6. The summed E-state index contributed by atoms with van der Waals surface area (Å²) in [5.74, 6) is 0.945. The van der Waals surface area contributed by atoms with E-state index in [1.165, 1.54) is 68.1 Å². The molecule has 1 nitrogen and oxygen atoms in total. The van der Waals surface area contributed by atoms with Gasteiger partial charge in [-0.3, -0.25) is 0 Å². The first-order chi connectivity index (χ1) is 9.69. The molecule has 0 aromatic heterocycles. The Balaban J connectivity index is 1.95. The fraction of sp³-hybridized carbons (Fsp3) is 0.684. The van der Waals surface area contributed by atoms with Gasteiger partial charge in [0.1, 0.15) is 0 Å². The zero-order chi connectivity index (χ0) is 14.4. The molecule has 1 aliphatic carbocycles. The van der Waals surface area contributed by atoms with Crippen LogP contribution in [0.15, 0.2) is 18.2 Å². The van der Waals surface area contributed by atoms with E-state index in [1.54, 1.807) is 0 Å². The fourth-order valence-electron chi connectivity index (χ4n) is 3.59. The Labute approximate surface area is 125 Å². The molecule has 0 bridgehead atoms. The lowest BCUT2D eigenvalue weighted by atomic mass is 9.89. The van der Waals surface area contributed by atoms with Crippen LogP contribution in [0.1, 0.15) is 61.6 Å². The van der Waals surface area contributed by atoms with Gasteiger partial charge >= 0.3 is 0 Å². The molecule has 1 aliphatic rings. The van der Waals surface area contributed by atoms with E-state index in [-0.39, 0.29) is 0 Å². The van der Waals surface area contributed by atoms with Gasteiger partial charge in [0.25, 0.3) is 0 Å². The van der Waals surface area contributed by atoms with Gasteiger partial charge in [-0.2, -0.15) is 0 Å². The van der Waals surface area contributed by atoms with Gasteiger partial charge < -0.3 is 5.32 Å². The molecular formula is C19H31N. The molecule has 1 N–H and O–H groups in total. The summed E-state index contributed by atoms with van der Waals surface area (Å²) in [7, 11) is 2.13. The smallest absolute Gasteiger partial charge is 0.0107 e. The second kappa shape index (κ2) is 7.83. The Morgan fingerprint density at radius 3 is 2.45 bits per heavy atom. The Hall–Kier alpha value is -0.820. The standard InChI is InChI=1S/C19H31N/c1-15-10-11-16(2)18(12-15)14-19(20-3)13-17-8-6-4-5-7-9-17/h10-12,17,19-20H,4-9,13-14H2,1-3H3. The highest BCUT2D eigenvalue weighted by Gasteiger charge is 2.18. The SMILES string of the molecule is CNC(Cc1cc(C)ccc1C)CC1CCCCCC1. The molecule has 2 rings (SSSR count). The number of hydrogen-bond donors (Lipinski definition) is 1. The van der Waals surface area contributed by atoms with Crippen molar-refractivity contribution in [3.63, 3.8) is 0 Å². The predicted molar refractivity (Wildman–Crippen MR) is 88.3 cm³/mol. The number of rotatable bonds is 5. The topological polar surface area (TPSA) is 12.0 Å². The van der Waals surface area contributed by atoms with Gasteiger partial charge in [0, 0.05) is 6.04 Å². The molecular weight excluding hydrogens is 242 g/mol. The minimum absolute atomic E-state index is 0.638. The van der Waals surface area contributed by atoms with Crippen LogP contribution in [-0.4, -0.2) is 13.1 Å². The highest BCUT2D eigenvalue weighted by molar-refractivity contribution is 5.31. The minimum atomic E-state index is 0.638. The van der Waals surface area contributed by atoms with Crippen molar-refractivity contribution in [3.05, 3.63) is 34.9 Å². The van der Waals surface area contributed by atoms with E-state index in [0.717, 1.165) is 5.92 Å². The summed E-state index contributed by atoms with van der Waals surface area (Å²) in [6.07, 6.45) is 11.2. The van der Waals surface area contributed by atoms with E-state index < -0.39 is 0 Å². The molecule has 1 atom stereocenters. The zero-order valence-electron chi connectivity index (χ0n) is 13.5. The zero-order valence-corrected chi connectivity index (χ0v) is 13.5. The van der Waals surface area contributed by atoms with Crippen LogP contribution in [0.2, 0.25) is 0 Å². The van der Waals surface area contributed by atoms with Crippen LogP contribution in [0.3, 0.4) is 0 Å². The highest BCUT2D eigenvalue weighted by Crippen LogP contribution is 2.27. The number of aryl methyl sites for hydroxylation is 2. The van der Waals surface area contributed by atoms with Gasteiger partial charge in [-0.05, 0) is 50.8 Å². The van der Waals surface area contributed by atoms with Crippen LogP contribution in [0, 0.1) is 19.8 Å². The van der Waals surface area contributed by atoms with Gasteiger partial charge in [-0.15, -0.1) is 0 Å². The van der Waals surface area contributed by atoms with Gasteiger partial charge in [0.15, 0.2) is 0 Å². The van der Waals surface area contributed by atoms with Crippen molar-refractivity contribution in [2.24, 2.45) is 5.92 Å². The maximum absolute atomic E-state index is 3.56. The van der Waals surface area contributed by atoms with Crippen molar-refractivity contribution in [1.82, 2.24) is 5.32 Å². The Morgan fingerprint density at radius 2 is 1.80 bits per heavy atom. The molecule has 1 unspecified atom stereocenters. The summed E-state index contributed by atoms with van der Waals surface area (Å²) in [5, 5.41) is 3.56. The Kier molecular flexibility index (Phi) is 6.09. The third-order valence-electron chi connectivity index (χ3n) is 4.97. The highest BCUT2D eigenvalue weighted by atomic mass is 14.9. The molecule has 1 aromatic carbocycles. The molecule has 1 fully saturated rings. The molecule has 1 heteroatoms. The third kappa shape index (κ3) is 4.63. The summed E-state index contributed by atoms with van der Waals surface area (Å²) >= 11 is 0. The van der Waals surface area contributed by atoms with Crippen LogP contribution in [-0.2, 0) is 6.42 Å². The van der Waals surface area contributed by atoms with Gasteiger partial charge in [0.2, 0.25) is 0 Å². The molecule has 1 aromatic rings. The Bertz CT molecular complexity index is 402. The largest absolute Gasteiger partial charge is 0.317 e. The quantitative estimate of drug-likeness (QED) is 0.760. The summed E-state index contributed by atoms with van der Waals surface area (Å²) in [6.45, 7) is 4.44. The van der Waals surface area contributed by atoms with E-state index in [2.05, 4.69) is 44.4 Å². The molecule has 112 valence electrons. The van der Waals surface area contributed by atoms with Crippen molar-refractivity contribution in [2.45, 2.75) is 71.3 Å². The molecule has 0 radical (unpaired) electrons. The average molecular weight is 273 g/mol. The van der Waals surface area contributed by atoms with E-state index in [0.29, 0.717) is 6.04 Å². The number of nitrogens with one attached hydrogen (secondary N) is 1. The molecule has 0 saturated heterocycles. The van der Waals surface area contributed by atoms with Crippen LogP contribution in [0.5, 0.6) is 0 Å². The first-order valence-electron chi connectivity index (χ1n) is 8.42. The van der Waals surface area contributed by atoms with Crippen molar-refractivity contribution in [3.8, 4) is 0 Å². The number of benzene rings is 1. The van der Waals surface area contributed by atoms with Crippen LogP contribution >= 0.6 is 0 Å². The number of hydrogen-bond acceptors (Lipinski definition) is 1. The second-order valence-electron chi connectivity index (χ2n) is 6.71. The fourth-order valence-corrected chi connectivity index (χ4v) is 3.59. The molecule has 0 heterocycles. The van der Waals surface area contributed by atoms with Gasteiger partial charge in [0.05, 0.1) is 0 Å². The van der Waals surface area contributed by atoms with Crippen LogP contribution in [0.4, 0.5) is 0 Å². The maximum atomic E-state index is 3.56. The first-order valence-corrected chi connectivity index (χ1v) is 8.42. The van der Waals surface area contributed by atoms with E-state index in [4.69, 9.17) is 0 Å². The predicted octanol–water partition coefficient (Wildman–Crippen LogP) is 4.79. The van der Waals surface area contributed by atoms with E-state index in [9.17, 15) is 0 Å². The lowest BCUT2D eigenvalue weighted by Crippen LogP contribution is -2.30. The molecule has 1 saturated carbocycles. The second-order valence-corrected chi connectivity index (χ2v) is 6.71. The Morgan fingerprint density at radius 1 is 1.10 bits per heavy atom.